The molecule has 1 spiro atoms. The summed E-state index contributed by atoms with van der Waals surface area (Å²) >= 11 is 0. The van der Waals surface area contributed by atoms with Crippen molar-refractivity contribution in [2.75, 3.05) is 19.8 Å². The number of amides is 3. The smallest absolute Gasteiger partial charge is 0.323 e. The van der Waals surface area contributed by atoms with E-state index in [-0.39, 0.29) is 23.8 Å². The van der Waals surface area contributed by atoms with Gasteiger partial charge in [-0.3, -0.25) is 9.69 Å². The number of hydrogen-bond acceptors (Lipinski definition) is 3. The average molecular weight is 309 g/mol. The second-order valence-electron chi connectivity index (χ2n) is 7.02. The molecule has 1 heterocycles. The zero-order valence-electron chi connectivity index (χ0n) is 14.5. The van der Waals surface area contributed by atoms with E-state index >= 15 is 0 Å². The Bertz CT molecular complexity index is 408. The van der Waals surface area contributed by atoms with E-state index in [2.05, 4.69) is 37.9 Å². The highest BCUT2D eigenvalue weighted by atomic mass is 16.2. The quantitative estimate of drug-likeness (QED) is 0.768. The summed E-state index contributed by atoms with van der Waals surface area (Å²) in [5.74, 6) is 0.418. The molecule has 1 saturated carbocycles. The molecular formula is C17H31N3O2. The van der Waals surface area contributed by atoms with Crippen LogP contribution in [0.25, 0.3) is 0 Å². The molecule has 1 aliphatic carbocycles. The third-order valence-electron chi connectivity index (χ3n) is 5.41. The number of carbonyl (C=O) groups is 2. The van der Waals surface area contributed by atoms with Crippen molar-refractivity contribution in [3.8, 4) is 0 Å². The summed E-state index contributed by atoms with van der Waals surface area (Å²) in [5.41, 5.74) is -0.667. The number of carbonyl (C=O) groups excluding carboxylic acids is 2. The van der Waals surface area contributed by atoms with Gasteiger partial charge in [0.15, 0.2) is 0 Å². The number of imide groups is 1. The van der Waals surface area contributed by atoms with Crippen molar-refractivity contribution in [1.29, 1.82) is 0 Å². The Labute approximate surface area is 134 Å². The van der Waals surface area contributed by atoms with Crippen LogP contribution in [0.2, 0.25) is 0 Å². The lowest BCUT2D eigenvalue weighted by atomic mass is 9.67. The van der Waals surface area contributed by atoms with Crippen LogP contribution in [0.1, 0.15) is 59.8 Å². The number of hydrogen-bond donors (Lipinski definition) is 1. The van der Waals surface area contributed by atoms with Crippen LogP contribution in [0.5, 0.6) is 0 Å². The molecule has 5 heteroatoms. The fourth-order valence-electron chi connectivity index (χ4n) is 4.17. The van der Waals surface area contributed by atoms with Gasteiger partial charge in [0.25, 0.3) is 5.91 Å². The Morgan fingerprint density at radius 3 is 2.18 bits per heavy atom. The monoisotopic (exact) mass is 309 g/mol. The number of urea groups is 1. The molecule has 2 fully saturated rings. The molecule has 2 aliphatic rings. The first kappa shape index (κ1) is 17.3. The minimum absolute atomic E-state index is 0.00518. The zero-order chi connectivity index (χ0) is 16.3. The van der Waals surface area contributed by atoms with E-state index in [1.54, 1.807) is 0 Å². The molecule has 2 rings (SSSR count). The number of nitrogens with zero attached hydrogens (tertiary/aromatic N) is 2. The first-order valence-electron chi connectivity index (χ1n) is 8.83. The second-order valence-corrected chi connectivity index (χ2v) is 7.02. The Morgan fingerprint density at radius 2 is 1.68 bits per heavy atom. The summed E-state index contributed by atoms with van der Waals surface area (Å²) in [6.45, 7) is 10.7. The molecule has 5 nitrogen and oxygen atoms in total. The van der Waals surface area contributed by atoms with Crippen LogP contribution in [0.4, 0.5) is 4.79 Å². The summed E-state index contributed by atoms with van der Waals surface area (Å²) in [4.78, 5) is 29.2. The summed E-state index contributed by atoms with van der Waals surface area (Å²) in [6, 6.07) is -0.206. The normalized spacial score (nSPS) is 32.1. The molecule has 1 aliphatic heterocycles. The highest BCUT2D eigenvalue weighted by Gasteiger charge is 2.58. The van der Waals surface area contributed by atoms with Crippen LogP contribution in [0.15, 0.2) is 0 Å². The van der Waals surface area contributed by atoms with E-state index < -0.39 is 5.54 Å². The van der Waals surface area contributed by atoms with Crippen molar-refractivity contribution in [2.24, 2.45) is 11.8 Å². The van der Waals surface area contributed by atoms with Gasteiger partial charge in [-0.1, -0.05) is 34.1 Å². The summed E-state index contributed by atoms with van der Waals surface area (Å²) in [6.07, 6.45) is 5.23. The van der Waals surface area contributed by atoms with Gasteiger partial charge in [0, 0.05) is 0 Å². The van der Waals surface area contributed by atoms with Crippen LogP contribution >= 0.6 is 0 Å². The molecule has 0 aromatic carbocycles. The molecule has 126 valence electrons. The van der Waals surface area contributed by atoms with Crippen LogP contribution < -0.4 is 5.32 Å². The highest BCUT2D eigenvalue weighted by Crippen LogP contribution is 2.42. The average Bonchev–Trinajstić information content (AvgIpc) is 2.71. The predicted octanol–water partition coefficient (Wildman–Crippen LogP) is 2.81. The van der Waals surface area contributed by atoms with Crippen molar-refractivity contribution in [2.45, 2.75) is 65.3 Å². The summed E-state index contributed by atoms with van der Waals surface area (Å²) in [5, 5.41) is 3.07. The van der Waals surface area contributed by atoms with Gasteiger partial charge >= 0.3 is 6.03 Å². The van der Waals surface area contributed by atoms with Gasteiger partial charge in [-0.2, -0.15) is 0 Å². The van der Waals surface area contributed by atoms with Gasteiger partial charge in [-0.15, -0.1) is 0 Å². The van der Waals surface area contributed by atoms with E-state index in [1.165, 1.54) is 4.90 Å². The fraction of sp³-hybridized carbons (Fsp3) is 0.882. The Balaban J connectivity index is 2.17. The largest absolute Gasteiger partial charge is 0.326 e. The Hall–Kier alpha value is -1.10. The Kier molecular flexibility index (Phi) is 5.48. The minimum atomic E-state index is -0.667. The van der Waals surface area contributed by atoms with E-state index in [0.717, 1.165) is 45.2 Å². The third-order valence-corrected chi connectivity index (χ3v) is 5.41. The van der Waals surface area contributed by atoms with Gasteiger partial charge in [0.05, 0.1) is 6.67 Å². The maximum Gasteiger partial charge on any atom is 0.326 e. The van der Waals surface area contributed by atoms with Crippen LogP contribution in [0.3, 0.4) is 0 Å². The number of rotatable bonds is 6. The topological polar surface area (TPSA) is 52.6 Å². The van der Waals surface area contributed by atoms with Crippen molar-refractivity contribution >= 4 is 11.9 Å². The standard InChI is InChI=1S/C17H31N3O2/c1-5-10-19(11-6-2)12-20-15(21)17(18-16(20)22)13(3)8-7-9-14(17)4/h13-14H,5-12H2,1-4H3,(H,18,22)/t13-,14+,17?. The third kappa shape index (κ3) is 2.87. The van der Waals surface area contributed by atoms with Crippen LogP contribution in [0, 0.1) is 11.8 Å². The van der Waals surface area contributed by atoms with Gasteiger partial charge < -0.3 is 5.32 Å². The van der Waals surface area contributed by atoms with E-state index in [4.69, 9.17) is 0 Å². The Morgan fingerprint density at radius 1 is 1.14 bits per heavy atom. The predicted molar refractivity (Wildman–Crippen MR) is 87.3 cm³/mol. The molecule has 3 amide bonds. The van der Waals surface area contributed by atoms with Gasteiger partial charge in [0.2, 0.25) is 0 Å². The first-order chi connectivity index (χ1) is 10.5. The summed E-state index contributed by atoms with van der Waals surface area (Å²) in [7, 11) is 0. The van der Waals surface area contributed by atoms with Crippen LogP contribution in [-0.2, 0) is 4.79 Å². The van der Waals surface area contributed by atoms with E-state index in [0.29, 0.717) is 6.67 Å². The lowest BCUT2D eigenvalue weighted by molar-refractivity contribution is -0.138. The summed E-state index contributed by atoms with van der Waals surface area (Å²) < 4.78 is 0. The van der Waals surface area contributed by atoms with Crippen molar-refractivity contribution in [3.63, 3.8) is 0 Å². The second kappa shape index (κ2) is 6.99. The molecule has 1 saturated heterocycles. The zero-order valence-corrected chi connectivity index (χ0v) is 14.5. The molecule has 22 heavy (non-hydrogen) atoms. The molecule has 0 aromatic heterocycles. The van der Waals surface area contributed by atoms with Crippen molar-refractivity contribution in [1.82, 2.24) is 15.1 Å². The molecule has 3 atom stereocenters. The van der Waals surface area contributed by atoms with Gasteiger partial charge in [-0.25, -0.2) is 9.69 Å². The lowest BCUT2D eigenvalue weighted by Crippen LogP contribution is -2.59. The molecule has 0 bridgehead atoms. The molecule has 1 N–H and O–H groups in total. The highest BCUT2D eigenvalue weighted by molar-refractivity contribution is 6.07. The van der Waals surface area contributed by atoms with Gasteiger partial charge in [0.1, 0.15) is 5.54 Å². The van der Waals surface area contributed by atoms with Crippen molar-refractivity contribution in [3.05, 3.63) is 0 Å². The lowest BCUT2D eigenvalue weighted by Gasteiger charge is -2.42. The van der Waals surface area contributed by atoms with Crippen LogP contribution in [-0.4, -0.2) is 47.0 Å². The van der Waals surface area contributed by atoms with E-state index in [9.17, 15) is 9.59 Å². The molecule has 1 unspecified atom stereocenters. The molecule has 0 radical (unpaired) electrons. The van der Waals surface area contributed by atoms with E-state index in [1.807, 2.05) is 0 Å². The molecule has 0 aromatic rings. The molecular weight excluding hydrogens is 278 g/mol. The number of nitrogens with one attached hydrogen (secondary N) is 1. The van der Waals surface area contributed by atoms with Crippen molar-refractivity contribution < 1.29 is 9.59 Å². The minimum Gasteiger partial charge on any atom is -0.323 e. The van der Waals surface area contributed by atoms with Gasteiger partial charge in [-0.05, 0) is 50.6 Å². The maximum absolute atomic E-state index is 13.1. The first-order valence-corrected chi connectivity index (χ1v) is 8.83. The fourth-order valence-corrected chi connectivity index (χ4v) is 4.17. The SMILES string of the molecule is CCCN(CCC)CN1C(=O)NC2(C1=O)[C@H](C)CCC[C@@H]2C. The maximum atomic E-state index is 13.1.